The number of nitrogens with one attached hydrogen (secondary N) is 2. The Morgan fingerprint density at radius 2 is 1.88 bits per heavy atom. The number of hydrogen-bond acceptors (Lipinski definition) is 4. The maximum Gasteiger partial charge on any atom is 0.243 e. The molecule has 140 valence electrons. The van der Waals surface area contributed by atoms with E-state index >= 15 is 0 Å². The van der Waals surface area contributed by atoms with Crippen molar-refractivity contribution in [2.24, 2.45) is 4.99 Å². The van der Waals surface area contributed by atoms with Crippen molar-refractivity contribution < 1.29 is 9.53 Å². The van der Waals surface area contributed by atoms with Crippen LogP contribution in [-0.2, 0) is 9.53 Å². The Kier molecular flexibility index (Phi) is 10.4. The van der Waals surface area contributed by atoms with E-state index in [4.69, 9.17) is 4.74 Å². The molecule has 0 aromatic rings. The van der Waals surface area contributed by atoms with E-state index in [0.29, 0.717) is 25.2 Å². The smallest absolute Gasteiger partial charge is 0.243 e. The standard InChI is InChI=1S/C17H35N5O2/c1-15(22-11-6-5-7-12-22)8-9-18-17(19-10-13-24-4)20-14-16(23)21(2)3/h15H,5-14H2,1-4H3,(H2,18,19,20). The van der Waals surface area contributed by atoms with E-state index in [1.165, 1.54) is 32.4 Å². The zero-order valence-corrected chi connectivity index (χ0v) is 15.8. The molecule has 1 rings (SSSR count). The molecule has 24 heavy (non-hydrogen) atoms. The van der Waals surface area contributed by atoms with Crippen LogP contribution in [0.25, 0.3) is 0 Å². The summed E-state index contributed by atoms with van der Waals surface area (Å²) < 4.78 is 5.05. The molecule has 1 heterocycles. The summed E-state index contributed by atoms with van der Waals surface area (Å²) in [6.07, 6.45) is 5.06. The first-order valence-corrected chi connectivity index (χ1v) is 9.00. The highest BCUT2D eigenvalue weighted by Crippen LogP contribution is 2.13. The van der Waals surface area contributed by atoms with Gasteiger partial charge in [0.15, 0.2) is 5.96 Å². The van der Waals surface area contributed by atoms with Crippen molar-refractivity contribution >= 4 is 11.9 Å². The number of ether oxygens (including phenoxy) is 1. The number of amides is 1. The van der Waals surface area contributed by atoms with Gasteiger partial charge in [-0.3, -0.25) is 4.79 Å². The lowest BCUT2D eigenvalue weighted by atomic mass is 10.1. The molecule has 1 saturated heterocycles. The largest absolute Gasteiger partial charge is 0.383 e. The van der Waals surface area contributed by atoms with E-state index in [9.17, 15) is 4.79 Å². The van der Waals surface area contributed by atoms with Crippen LogP contribution in [0.5, 0.6) is 0 Å². The van der Waals surface area contributed by atoms with Crippen molar-refractivity contribution in [2.75, 3.05) is 60.5 Å². The lowest BCUT2D eigenvalue weighted by Gasteiger charge is -2.32. The molecule has 0 aromatic carbocycles. The molecule has 1 atom stereocenters. The topological polar surface area (TPSA) is 69.2 Å². The number of piperidine rings is 1. The first kappa shape index (κ1) is 20.7. The van der Waals surface area contributed by atoms with E-state index in [0.717, 1.165) is 13.0 Å². The number of aliphatic imine (C=N–C) groups is 1. The van der Waals surface area contributed by atoms with Crippen LogP contribution in [-0.4, -0.2) is 88.2 Å². The van der Waals surface area contributed by atoms with Crippen molar-refractivity contribution in [2.45, 2.75) is 38.6 Å². The predicted molar refractivity (Wildman–Crippen MR) is 98.4 cm³/mol. The van der Waals surface area contributed by atoms with Crippen molar-refractivity contribution in [3.05, 3.63) is 0 Å². The quantitative estimate of drug-likeness (QED) is 0.364. The molecule has 0 radical (unpaired) electrons. The van der Waals surface area contributed by atoms with Gasteiger partial charge in [0.25, 0.3) is 0 Å². The summed E-state index contributed by atoms with van der Waals surface area (Å²) in [5.41, 5.74) is 0. The van der Waals surface area contributed by atoms with Crippen LogP contribution in [0.3, 0.4) is 0 Å². The van der Waals surface area contributed by atoms with Crippen molar-refractivity contribution in [1.82, 2.24) is 20.4 Å². The molecule has 7 heteroatoms. The molecule has 1 amide bonds. The van der Waals surface area contributed by atoms with Gasteiger partial charge >= 0.3 is 0 Å². The Morgan fingerprint density at radius 3 is 2.50 bits per heavy atom. The summed E-state index contributed by atoms with van der Waals surface area (Å²) >= 11 is 0. The monoisotopic (exact) mass is 341 g/mol. The maximum absolute atomic E-state index is 11.7. The first-order chi connectivity index (χ1) is 11.5. The third kappa shape index (κ3) is 8.49. The van der Waals surface area contributed by atoms with E-state index in [2.05, 4.69) is 27.4 Å². The summed E-state index contributed by atoms with van der Waals surface area (Å²) in [6.45, 7) is 6.98. The predicted octanol–water partition coefficient (Wildman–Crippen LogP) is 0.521. The molecule has 0 bridgehead atoms. The molecule has 1 aliphatic rings. The van der Waals surface area contributed by atoms with E-state index in [1.54, 1.807) is 26.1 Å². The number of likely N-dealkylation sites (N-methyl/N-ethyl adjacent to an activating group) is 1. The second-order valence-electron chi connectivity index (χ2n) is 6.53. The van der Waals surface area contributed by atoms with Gasteiger partial charge in [-0.1, -0.05) is 6.42 Å². The second kappa shape index (κ2) is 12.1. The molecular formula is C17H35N5O2. The number of hydrogen-bond donors (Lipinski definition) is 2. The average Bonchev–Trinajstić information content (AvgIpc) is 2.59. The van der Waals surface area contributed by atoms with Gasteiger partial charge in [0.2, 0.25) is 5.91 Å². The van der Waals surface area contributed by atoms with Crippen LogP contribution in [0.15, 0.2) is 4.99 Å². The van der Waals surface area contributed by atoms with Crippen LogP contribution in [0.1, 0.15) is 32.6 Å². The minimum Gasteiger partial charge on any atom is -0.383 e. The molecule has 1 fully saturated rings. The number of nitrogens with zero attached hydrogens (tertiary/aromatic N) is 3. The van der Waals surface area contributed by atoms with Crippen LogP contribution in [0, 0.1) is 0 Å². The molecule has 0 spiro atoms. The number of rotatable bonds is 9. The van der Waals surface area contributed by atoms with Gasteiger partial charge in [0, 0.05) is 40.3 Å². The molecule has 0 aromatic heterocycles. The molecule has 0 saturated carbocycles. The first-order valence-electron chi connectivity index (χ1n) is 9.00. The van der Waals surface area contributed by atoms with Gasteiger partial charge in [-0.2, -0.15) is 0 Å². The summed E-state index contributed by atoms with van der Waals surface area (Å²) in [5, 5.41) is 6.53. The van der Waals surface area contributed by atoms with Crippen LogP contribution >= 0.6 is 0 Å². The van der Waals surface area contributed by atoms with Crippen LogP contribution in [0.4, 0.5) is 0 Å². The second-order valence-corrected chi connectivity index (χ2v) is 6.53. The van der Waals surface area contributed by atoms with Gasteiger partial charge in [-0.05, 0) is 39.3 Å². The SMILES string of the molecule is COCCNC(=NCC(=O)N(C)C)NCCC(C)N1CCCCC1. The third-order valence-electron chi connectivity index (χ3n) is 4.34. The lowest BCUT2D eigenvalue weighted by Crippen LogP contribution is -2.43. The minimum atomic E-state index is -0.00970. The molecule has 7 nitrogen and oxygen atoms in total. The molecule has 0 aliphatic carbocycles. The molecule has 1 aliphatic heterocycles. The number of carbonyl (C=O) groups excluding carboxylic acids is 1. The van der Waals surface area contributed by atoms with E-state index < -0.39 is 0 Å². The molecule has 2 N–H and O–H groups in total. The van der Waals surface area contributed by atoms with Crippen LogP contribution in [0.2, 0.25) is 0 Å². The Labute approximate surface area is 146 Å². The highest BCUT2D eigenvalue weighted by molar-refractivity contribution is 5.84. The Balaban J connectivity index is 2.39. The summed E-state index contributed by atoms with van der Waals surface area (Å²) in [7, 11) is 5.15. The number of likely N-dealkylation sites (tertiary alicyclic amines) is 1. The van der Waals surface area contributed by atoms with Crippen molar-refractivity contribution in [1.29, 1.82) is 0 Å². The lowest BCUT2D eigenvalue weighted by molar-refractivity contribution is -0.127. The highest BCUT2D eigenvalue weighted by Gasteiger charge is 2.16. The molecular weight excluding hydrogens is 306 g/mol. The Morgan fingerprint density at radius 1 is 1.21 bits per heavy atom. The average molecular weight is 342 g/mol. The van der Waals surface area contributed by atoms with E-state index in [1.807, 2.05) is 0 Å². The van der Waals surface area contributed by atoms with Crippen molar-refractivity contribution in [3.8, 4) is 0 Å². The summed E-state index contributed by atoms with van der Waals surface area (Å²) in [6, 6.07) is 0.571. The molecule has 1 unspecified atom stereocenters. The zero-order valence-electron chi connectivity index (χ0n) is 15.8. The summed E-state index contributed by atoms with van der Waals surface area (Å²) in [4.78, 5) is 20.2. The maximum atomic E-state index is 11.7. The number of methoxy groups -OCH3 is 1. The third-order valence-corrected chi connectivity index (χ3v) is 4.34. The van der Waals surface area contributed by atoms with Gasteiger partial charge in [-0.15, -0.1) is 0 Å². The highest BCUT2D eigenvalue weighted by atomic mass is 16.5. The van der Waals surface area contributed by atoms with Crippen LogP contribution < -0.4 is 10.6 Å². The number of guanidine groups is 1. The van der Waals surface area contributed by atoms with Gasteiger partial charge in [0.1, 0.15) is 6.54 Å². The van der Waals surface area contributed by atoms with Gasteiger partial charge < -0.3 is 25.2 Å². The Hall–Kier alpha value is -1.34. The van der Waals surface area contributed by atoms with E-state index in [-0.39, 0.29) is 12.5 Å². The fraction of sp³-hybridized carbons (Fsp3) is 0.882. The minimum absolute atomic E-state index is 0.00970. The fourth-order valence-electron chi connectivity index (χ4n) is 2.68. The number of carbonyl (C=O) groups is 1. The normalized spacial score (nSPS) is 17.4. The fourth-order valence-corrected chi connectivity index (χ4v) is 2.68. The summed E-state index contributed by atoms with van der Waals surface area (Å²) in [5.74, 6) is 0.664. The Bertz CT molecular complexity index is 381. The zero-order chi connectivity index (χ0) is 17.8. The van der Waals surface area contributed by atoms with Gasteiger partial charge in [0.05, 0.1) is 6.61 Å². The van der Waals surface area contributed by atoms with Gasteiger partial charge in [-0.25, -0.2) is 4.99 Å². The van der Waals surface area contributed by atoms with Crippen molar-refractivity contribution in [3.63, 3.8) is 0 Å².